The number of methoxy groups -OCH3 is 2. The number of carbonyl (C=O) groups is 1. The lowest BCUT2D eigenvalue weighted by Gasteiger charge is -2.05. The monoisotopic (exact) mass is 285 g/mol. The van der Waals surface area contributed by atoms with Gasteiger partial charge in [-0.2, -0.15) is 13.2 Å². The summed E-state index contributed by atoms with van der Waals surface area (Å²) in [6.45, 7) is 0. The van der Waals surface area contributed by atoms with E-state index in [1.807, 2.05) is 0 Å². The largest absolute Gasteiger partial charge is 0.497 e. The van der Waals surface area contributed by atoms with Crippen LogP contribution in [0.15, 0.2) is 29.3 Å². The SMILES string of the molecule is COC(=O)C#CC(=Nc1ccc(OC)cc1)C(F)(F)F. The summed E-state index contributed by atoms with van der Waals surface area (Å²) in [5, 5.41) is 0. The van der Waals surface area contributed by atoms with Crippen LogP contribution in [-0.4, -0.2) is 32.1 Å². The second kappa shape index (κ2) is 6.61. The summed E-state index contributed by atoms with van der Waals surface area (Å²) in [6.07, 6.45) is -4.76. The Labute approximate surface area is 113 Å². The maximum atomic E-state index is 12.7. The highest BCUT2D eigenvalue weighted by molar-refractivity contribution is 6.09. The summed E-state index contributed by atoms with van der Waals surface area (Å²) in [4.78, 5) is 14.1. The van der Waals surface area contributed by atoms with Gasteiger partial charge in [0, 0.05) is 5.92 Å². The number of aliphatic imine (C=N–C) groups is 1. The Morgan fingerprint density at radius 3 is 2.20 bits per heavy atom. The Hall–Kier alpha value is -2.49. The second-order valence-electron chi connectivity index (χ2n) is 3.40. The Kier molecular flexibility index (Phi) is 5.15. The molecule has 0 saturated carbocycles. The third kappa shape index (κ3) is 4.65. The molecule has 1 rings (SSSR count). The molecule has 20 heavy (non-hydrogen) atoms. The first-order valence-electron chi connectivity index (χ1n) is 5.26. The summed E-state index contributed by atoms with van der Waals surface area (Å²) >= 11 is 0. The van der Waals surface area contributed by atoms with Gasteiger partial charge < -0.3 is 9.47 Å². The van der Waals surface area contributed by atoms with E-state index >= 15 is 0 Å². The summed E-state index contributed by atoms with van der Waals surface area (Å²) in [6, 6.07) is 5.59. The van der Waals surface area contributed by atoms with Crippen molar-refractivity contribution in [3.63, 3.8) is 0 Å². The minimum atomic E-state index is -4.76. The van der Waals surface area contributed by atoms with Crippen molar-refractivity contribution in [2.24, 2.45) is 4.99 Å². The van der Waals surface area contributed by atoms with Crippen molar-refractivity contribution >= 4 is 17.4 Å². The van der Waals surface area contributed by atoms with Crippen LogP contribution in [0.3, 0.4) is 0 Å². The van der Waals surface area contributed by atoms with Gasteiger partial charge in [-0.05, 0) is 30.2 Å². The van der Waals surface area contributed by atoms with E-state index in [9.17, 15) is 18.0 Å². The fourth-order valence-electron chi connectivity index (χ4n) is 1.11. The lowest BCUT2D eigenvalue weighted by atomic mass is 10.3. The lowest BCUT2D eigenvalue weighted by molar-refractivity contribution is -0.133. The fraction of sp³-hybridized carbons (Fsp3) is 0.231. The van der Waals surface area contributed by atoms with Crippen molar-refractivity contribution in [2.45, 2.75) is 6.18 Å². The molecule has 0 spiro atoms. The maximum absolute atomic E-state index is 12.7. The molecular weight excluding hydrogens is 275 g/mol. The van der Waals surface area contributed by atoms with Gasteiger partial charge in [0.2, 0.25) is 0 Å². The molecule has 0 bridgehead atoms. The van der Waals surface area contributed by atoms with Crippen LogP contribution >= 0.6 is 0 Å². The predicted molar refractivity (Wildman–Crippen MR) is 65.9 cm³/mol. The number of rotatable bonds is 2. The van der Waals surface area contributed by atoms with E-state index in [1.165, 1.54) is 31.4 Å². The summed E-state index contributed by atoms with van der Waals surface area (Å²) in [5.74, 6) is 2.76. The number of carbonyl (C=O) groups excluding carboxylic acids is 1. The highest BCUT2D eigenvalue weighted by Gasteiger charge is 2.35. The third-order valence-electron chi connectivity index (χ3n) is 2.05. The van der Waals surface area contributed by atoms with E-state index in [2.05, 4.69) is 9.73 Å². The molecule has 106 valence electrons. The average Bonchev–Trinajstić information content (AvgIpc) is 2.42. The number of ether oxygens (including phenoxy) is 2. The van der Waals surface area contributed by atoms with E-state index in [1.54, 1.807) is 11.8 Å². The summed E-state index contributed by atoms with van der Waals surface area (Å²) in [5.41, 5.74) is -1.34. The molecule has 4 nitrogen and oxygen atoms in total. The molecule has 7 heteroatoms. The van der Waals surface area contributed by atoms with E-state index in [4.69, 9.17) is 4.74 Å². The van der Waals surface area contributed by atoms with Gasteiger partial charge in [-0.3, -0.25) is 0 Å². The van der Waals surface area contributed by atoms with Crippen molar-refractivity contribution in [3.8, 4) is 17.6 Å². The molecule has 0 fully saturated rings. The Balaban J connectivity index is 3.11. The number of hydrogen-bond acceptors (Lipinski definition) is 4. The minimum Gasteiger partial charge on any atom is -0.497 e. The van der Waals surface area contributed by atoms with Gasteiger partial charge in [0.05, 0.1) is 19.9 Å². The van der Waals surface area contributed by atoms with E-state index < -0.39 is 17.9 Å². The van der Waals surface area contributed by atoms with Crippen LogP contribution in [0, 0.1) is 11.8 Å². The van der Waals surface area contributed by atoms with E-state index in [0.717, 1.165) is 7.11 Å². The molecule has 0 amide bonds. The Morgan fingerprint density at radius 2 is 1.75 bits per heavy atom. The highest BCUT2D eigenvalue weighted by Crippen LogP contribution is 2.23. The van der Waals surface area contributed by atoms with Crippen LogP contribution in [0.2, 0.25) is 0 Å². The number of benzene rings is 1. The summed E-state index contributed by atoms with van der Waals surface area (Å²) in [7, 11) is 2.45. The molecule has 0 atom stereocenters. The van der Waals surface area contributed by atoms with Gasteiger partial charge in [0.25, 0.3) is 0 Å². The van der Waals surface area contributed by atoms with Gasteiger partial charge in [0.15, 0.2) is 5.71 Å². The minimum absolute atomic E-state index is 0.0392. The smallest absolute Gasteiger partial charge is 0.441 e. The molecule has 1 aromatic carbocycles. The zero-order valence-corrected chi connectivity index (χ0v) is 10.6. The first kappa shape index (κ1) is 15.6. The molecule has 0 unspecified atom stereocenters. The Morgan fingerprint density at radius 1 is 1.15 bits per heavy atom. The van der Waals surface area contributed by atoms with Crippen LogP contribution < -0.4 is 4.74 Å². The van der Waals surface area contributed by atoms with Crippen LogP contribution in [0.25, 0.3) is 0 Å². The van der Waals surface area contributed by atoms with Gasteiger partial charge in [-0.15, -0.1) is 0 Å². The van der Waals surface area contributed by atoms with Crippen molar-refractivity contribution in [2.75, 3.05) is 14.2 Å². The van der Waals surface area contributed by atoms with Crippen molar-refractivity contribution in [3.05, 3.63) is 24.3 Å². The number of halogens is 3. The van der Waals surface area contributed by atoms with Crippen molar-refractivity contribution < 1.29 is 27.4 Å². The molecule has 0 radical (unpaired) electrons. The molecule has 0 aliphatic heterocycles. The first-order chi connectivity index (χ1) is 9.36. The zero-order chi connectivity index (χ0) is 15.2. The van der Waals surface area contributed by atoms with Gasteiger partial charge in [-0.25, -0.2) is 9.79 Å². The second-order valence-corrected chi connectivity index (χ2v) is 3.40. The highest BCUT2D eigenvalue weighted by atomic mass is 19.4. The number of alkyl halides is 3. The number of hydrogen-bond donors (Lipinski definition) is 0. The molecular formula is C13H10F3NO3. The molecule has 0 aromatic heterocycles. The zero-order valence-electron chi connectivity index (χ0n) is 10.6. The van der Waals surface area contributed by atoms with Crippen LogP contribution in [-0.2, 0) is 9.53 Å². The van der Waals surface area contributed by atoms with Crippen molar-refractivity contribution in [1.29, 1.82) is 0 Å². The maximum Gasteiger partial charge on any atom is 0.441 e. The number of nitrogens with zero attached hydrogens (tertiary/aromatic N) is 1. The molecule has 0 N–H and O–H groups in total. The Bertz CT molecular complexity index is 565. The molecule has 0 saturated heterocycles. The summed E-state index contributed by atoms with van der Waals surface area (Å²) < 4.78 is 47.1. The average molecular weight is 285 g/mol. The van der Waals surface area contributed by atoms with Crippen LogP contribution in [0.5, 0.6) is 5.75 Å². The topological polar surface area (TPSA) is 47.9 Å². The first-order valence-corrected chi connectivity index (χ1v) is 5.26. The fourth-order valence-corrected chi connectivity index (χ4v) is 1.11. The van der Waals surface area contributed by atoms with Gasteiger partial charge >= 0.3 is 12.1 Å². The number of esters is 1. The van der Waals surface area contributed by atoms with Crippen molar-refractivity contribution in [1.82, 2.24) is 0 Å². The molecule has 0 aliphatic carbocycles. The van der Waals surface area contributed by atoms with Gasteiger partial charge in [0.1, 0.15) is 5.75 Å². The predicted octanol–water partition coefficient (Wildman–Crippen LogP) is 2.51. The lowest BCUT2D eigenvalue weighted by Crippen LogP contribution is -2.21. The molecule has 0 aliphatic rings. The standard InChI is InChI=1S/C13H10F3NO3/c1-19-10-5-3-9(4-6-10)17-11(13(14,15)16)7-8-12(18)20-2/h3-6H,1-2H3. The van der Waals surface area contributed by atoms with E-state index in [0.29, 0.717) is 5.75 Å². The third-order valence-corrected chi connectivity index (χ3v) is 2.05. The molecule has 0 heterocycles. The normalized spacial score (nSPS) is 11.3. The van der Waals surface area contributed by atoms with Crippen LogP contribution in [0.1, 0.15) is 0 Å². The molecule has 1 aromatic rings. The van der Waals surface area contributed by atoms with Gasteiger partial charge in [-0.1, -0.05) is 0 Å². The quantitative estimate of drug-likeness (QED) is 0.363. The van der Waals surface area contributed by atoms with Crippen LogP contribution in [0.4, 0.5) is 18.9 Å². The van der Waals surface area contributed by atoms with E-state index in [-0.39, 0.29) is 5.69 Å².